The molecule has 0 bridgehead atoms. The van der Waals surface area contributed by atoms with Crippen molar-refractivity contribution >= 4 is 23.6 Å². The van der Waals surface area contributed by atoms with E-state index in [2.05, 4.69) is 12.2 Å². The molecular formula is C32H45NO5S. The second-order valence-electron chi connectivity index (χ2n) is 10.6. The van der Waals surface area contributed by atoms with Gasteiger partial charge in [-0.05, 0) is 78.5 Å². The van der Waals surface area contributed by atoms with E-state index < -0.39 is 12.0 Å². The first-order valence-corrected chi connectivity index (χ1v) is 15.7. The molecule has 3 rings (SSSR count). The van der Waals surface area contributed by atoms with Crippen LogP contribution in [0.25, 0.3) is 11.1 Å². The fourth-order valence-corrected chi connectivity index (χ4v) is 5.73. The van der Waals surface area contributed by atoms with Gasteiger partial charge in [-0.3, -0.25) is 4.79 Å². The number of hydrogen-bond acceptors (Lipinski definition) is 5. The summed E-state index contributed by atoms with van der Waals surface area (Å²) < 4.78 is 12.3. The Balaban J connectivity index is 1.81. The number of aryl methyl sites for hydroxylation is 1. The van der Waals surface area contributed by atoms with Crippen LogP contribution in [0.3, 0.4) is 0 Å². The summed E-state index contributed by atoms with van der Waals surface area (Å²) in [6.07, 6.45) is 10.8. The molecule has 1 amide bonds. The number of hydrogen-bond donors (Lipinski definition) is 2. The van der Waals surface area contributed by atoms with Gasteiger partial charge in [0.25, 0.3) is 5.91 Å². The van der Waals surface area contributed by atoms with Crippen LogP contribution in [0.5, 0.6) is 0 Å². The average molecular weight is 556 g/mol. The van der Waals surface area contributed by atoms with Crippen LogP contribution in [0, 0.1) is 12.8 Å². The quantitative estimate of drug-likeness (QED) is 0.220. The largest absolute Gasteiger partial charge is 0.480 e. The highest BCUT2D eigenvalue weighted by Crippen LogP contribution is 2.30. The lowest BCUT2D eigenvalue weighted by atomic mass is 9.85. The maximum atomic E-state index is 13.3. The van der Waals surface area contributed by atoms with Gasteiger partial charge in [-0.1, -0.05) is 69.4 Å². The lowest BCUT2D eigenvalue weighted by Gasteiger charge is -2.27. The minimum absolute atomic E-state index is 0.0392. The van der Waals surface area contributed by atoms with Gasteiger partial charge in [0.2, 0.25) is 0 Å². The summed E-state index contributed by atoms with van der Waals surface area (Å²) in [5.74, 6) is -0.0512. The third kappa shape index (κ3) is 9.96. The number of ether oxygens (including phenoxy) is 2. The third-order valence-electron chi connectivity index (χ3n) is 7.44. The smallest absolute Gasteiger partial charge is 0.326 e. The highest BCUT2D eigenvalue weighted by molar-refractivity contribution is 7.98. The van der Waals surface area contributed by atoms with Crippen molar-refractivity contribution in [2.45, 2.75) is 84.0 Å². The summed E-state index contributed by atoms with van der Waals surface area (Å²) in [7, 11) is 0. The Hall–Kier alpha value is -2.35. The molecule has 2 aromatic carbocycles. The summed E-state index contributed by atoms with van der Waals surface area (Å²) in [4.78, 5) is 25.1. The molecule has 0 spiro atoms. The van der Waals surface area contributed by atoms with E-state index in [0.29, 0.717) is 36.9 Å². The van der Waals surface area contributed by atoms with Crippen molar-refractivity contribution in [3.63, 3.8) is 0 Å². The fourth-order valence-electron chi connectivity index (χ4n) is 5.26. The minimum atomic E-state index is -1.02. The van der Waals surface area contributed by atoms with Gasteiger partial charge in [-0.25, -0.2) is 4.79 Å². The zero-order valence-electron chi connectivity index (χ0n) is 23.7. The molecule has 1 fully saturated rings. The Morgan fingerprint density at radius 2 is 1.87 bits per heavy atom. The molecule has 0 heterocycles. The molecule has 0 saturated heterocycles. The van der Waals surface area contributed by atoms with Crippen LogP contribution in [0.1, 0.15) is 79.8 Å². The third-order valence-corrected chi connectivity index (χ3v) is 8.08. The number of carboxylic acids is 1. The van der Waals surface area contributed by atoms with Crippen molar-refractivity contribution in [2.24, 2.45) is 5.92 Å². The Morgan fingerprint density at radius 3 is 2.56 bits per heavy atom. The second kappa shape index (κ2) is 16.7. The second-order valence-corrected chi connectivity index (χ2v) is 11.6. The summed E-state index contributed by atoms with van der Waals surface area (Å²) in [5.41, 5.74) is 4.22. The molecule has 0 radical (unpaired) electrons. The Labute approximate surface area is 238 Å². The fraction of sp³-hybridized carbons (Fsp3) is 0.562. The first-order chi connectivity index (χ1) is 18.9. The van der Waals surface area contributed by atoms with Gasteiger partial charge in [0, 0.05) is 12.2 Å². The van der Waals surface area contributed by atoms with Gasteiger partial charge in [-0.2, -0.15) is 11.8 Å². The SMILES string of the molecule is CCCOCC(CC1CCCCC1)OCc1ccc(C(=O)N[C@@H](CCSC)C(=O)O)c(-c2ccccc2C)c1. The number of carbonyl (C=O) groups excluding carboxylic acids is 1. The van der Waals surface area contributed by atoms with E-state index in [0.717, 1.165) is 41.7 Å². The Morgan fingerprint density at radius 1 is 1.10 bits per heavy atom. The molecule has 2 aromatic rings. The standard InChI is InChI=1S/C32H45NO5S/c1-4-17-37-22-26(19-24-11-6-5-7-12-24)38-21-25-14-15-28(29(20-25)27-13-9-8-10-23(27)2)31(34)33-30(32(35)36)16-18-39-3/h8-10,13-15,20,24,26,30H,4-7,11-12,16-19,21-22H2,1-3H3,(H,33,34)(H,35,36)/t26?,30-/m0/s1. The van der Waals surface area contributed by atoms with Crippen LogP contribution in [-0.2, 0) is 20.9 Å². The molecule has 39 heavy (non-hydrogen) atoms. The highest BCUT2D eigenvalue weighted by atomic mass is 32.2. The molecule has 2 atom stereocenters. The minimum Gasteiger partial charge on any atom is -0.480 e. The van der Waals surface area contributed by atoms with E-state index >= 15 is 0 Å². The van der Waals surface area contributed by atoms with Crippen molar-refractivity contribution < 1.29 is 24.2 Å². The van der Waals surface area contributed by atoms with Gasteiger partial charge in [0.05, 0.1) is 19.3 Å². The van der Waals surface area contributed by atoms with E-state index in [-0.39, 0.29) is 12.0 Å². The summed E-state index contributed by atoms with van der Waals surface area (Å²) in [6.45, 7) is 5.90. The predicted molar refractivity (Wildman–Crippen MR) is 159 cm³/mol. The lowest BCUT2D eigenvalue weighted by Crippen LogP contribution is -2.41. The number of rotatable bonds is 16. The average Bonchev–Trinajstić information content (AvgIpc) is 2.94. The molecule has 1 saturated carbocycles. The van der Waals surface area contributed by atoms with Gasteiger partial charge >= 0.3 is 5.97 Å². The van der Waals surface area contributed by atoms with Gasteiger partial charge in [-0.15, -0.1) is 0 Å². The van der Waals surface area contributed by atoms with Gasteiger partial charge in [0.1, 0.15) is 6.04 Å². The van der Waals surface area contributed by atoms with Crippen molar-refractivity contribution in [1.29, 1.82) is 0 Å². The van der Waals surface area contributed by atoms with Crippen LogP contribution in [0.15, 0.2) is 42.5 Å². The first-order valence-electron chi connectivity index (χ1n) is 14.3. The van der Waals surface area contributed by atoms with E-state index in [1.165, 1.54) is 32.1 Å². The monoisotopic (exact) mass is 555 g/mol. The Kier molecular flexibility index (Phi) is 13.3. The van der Waals surface area contributed by atoms with E-state index in [4.69, 9.17) is 9.47 Å². The van der Waals surface area contributed by atoms with E-state index in [1.807, 2.05) is 49.6 Å². The molecule has 1 unspecified atom stereocenters. The summed E-state index contributed by atoms with van der Waals surface area (Å²) >= 11 is 1.56. The van der Waals surface area contributed by atoms with E-state index in [9.17, 15) is 14.7 Å². The van der Waals surface area contributed by atoms with Crippen LogP contribution in [0.2, 0.25) is 0 Å². The van der Waals surface area contributed by atoms with Crippen molar-refractivity contribution in [3.8, 4) is 11.1 Å². The molecule has 0 aliphatic heterocycles. The van der Waals surface area contributed by atoms with Gasteiger partial charge in [0.15, 0.2) is 0 Å². The predicted octanol–water partition coefficient (Wildman–Crippen LogP) is 6.88. The molecule has 1 aliphatic carbocycles. The molecular weight excluding hydrogens is 510 g/mol. The number of aliphatic carboxylic acids is 1. The number of amides is 1. The first kappa shape index (κ1) is 31.2. The Bertz CT molecular complexity index is 1050. The molecule has 6 nitrogen and oxygen atoms in total. The normalized spacial score (nSPS) is 15.6. The lowest BCUT2D eigenvalue weighted by molar-refractivity contribution is -0.139. The van der Waals surface area contributed by atoms with Crippen LogP contribution in [0.4, 0.5) is 0 Å². The van der Waals surface area contributed by atoms with Gasteiger partial charge < -0.3 is 19.9 Å². The van der Waals surface area contributed by atoms with Crippen molar-refractivity contribution in [2.75, 3.05) is 25.2 Å². The number of carbonyl (C=O) groups is 2. The zero-order chi connectivity index (χ0) is 28.0. The molecule has 0 aromatic heterocycles. The van der Waals surface area contributed by atoms with Crippen LogP contribution < -0.4 is 5.32 Å². The highest BCUT2D eigenvalue weighted by Gasteiger charge is 2.24. The number of thioether (sulfide) groups is 1. The van der Waals surface area contributed by atoms with Crippen molar-refractivity contribution in [3.05, 3.63) is 59.2 Å². The molecule has 7 heteroatoms. The van der Waals surface area contributed by atoms with Crippen molar-refractivity contribution in [1.82, 2.24) is 5.32 Å². The maximum absolute atomic E-state index is 13.3. The van der Waals surface area contributed by atoms with Crippen LogP contribution in [-0.4, -0.2) is 54.4 Å². The molecule has 2 N–H and O–H groups in total. The summed E-state index contributed by atoms with van der Waals surface area (Å²) in [6, 6.07) is 12.7. The topological polar surface area (TPSA) is 84.9 Å². The number of benzene rings is 2. The zero-order valence-corrected chi connectivity index (χ0v) is 24.6. The molecule has 1 aliphatic rings. The van der Waals surface area contributed by atoms with E-state index in [1.54, 1.807) is 17.8 Å². The number of carboxylic acid groups (broad SMARTS) is 1. The molecule has 214 valence electrons. The van der Waals surface area contributed by atoms with Crippen LogP contribution >= 0.6 is 11.8 Å². The maximum Gasteiger partial charge on any atom is 0.326 e. The number of nitrogens with one attached hydrogen (secondary N) is 1. The summed E-state index contributed by atoms with van der Waals surface area (Å²) in [5, 5.41) is 12.4.